The number of nitrogens with zero attached hydrogens (tertiary/aromatic N) is 7. The molecule has 4 rings (SSSR count). The van der Waals surface area contributed by atoms with Gasteiger partial charge in [0.25, 0.3) is 0 Å². The van der Waals surface area contributed by atoms with Gasteiger partial charge in [0.05, 0.1) is 28.8 Å². The summed E-state index contributed by atoms with van der Waals surface area (Å²) in [7, 11) is 0. The van der Waals surface area contributed by atoms with E-state index in [-0.39, 0.29) is 79.7 Å². The van der Waals surface area contributed by atoms with Crippen LogP contribution in [0.1, 0.15) is 279 Å². The number of hydrogen-bond acceptors (Lipinski definition) is 13. The van der Waals surface area contributed by atoms with E-state index < -0.39 is 0 Å². The van der Waals surface area contributed by atoms with E-state index in [1.807, 2.05) is 27.7 Å². The molecule has 4 aromatic carbocycles. The van der Waals surface area contributed by atoms with E-state index >= 15 is 0 Å². The number of allylic oxidation sites excluding steroid dienone is 8. The maximum absolute atomic E-state index is 11.1. The molecule has 0 atom stereocenters. The Kier molecular flexibility index (Phi) is 62.2. The Morgan fingerprint density at radius 2 is 0.473 bits per heavy atom. The molecule has 17 heteroatoms. The Labute approximate surface area is 591 Å². The molecule has 15 nitrogen and oxygen atoms in total. The molecule has 0 aliphatic rings. The second-order valence-electron chi connectivity index (χ2n) is 23.4. The average molecular weight is 1340 g/mol. The normalized spacial score (nSPS) is 11.7. The van der Waals surface area contributed by atoms with Crippen LogP contribution in [0.2, 0.25) is 0 Å². The molecular formula is C76H109N7O8Ti2. The molecule has 0 N–H and O–H groups in total. The van der Waals surface area contributed by atoms with Crippen molar-refractivity contribution in [1.82, 2.24) is 0 Å². The SMILES string of the molecule is CC#N.CC(/C=C(/C)[O-])=Nc1c(C(C)C)cccc1C(C)C.CC(/C=C(/C)[O-])=Nc1c(C(C)C)cccc1C(C)C.CC(/C=C(/C)[O-])=Nc1c(C(C)C)cccc1C(C)C.CC(/C=C(/C)[O-])=Nc1c(C(C)C)cccc1C(C)C.CC[O-].CC[O-].[N-]=C=O.[N-]=C=O.[Ti+4].[Ti+4]. The van der Waals surface area contributed by atoms with Gasteiger partial charge < -0.3 is 41.5 Å². The summed E-state index contributed by atoms with van der Waals surface area (Å²) in [4.78, 5) is 35.2. The van der Waals surface area contributed by atoms with Crippen molar-refractivity contribution in [3.63, 3.8) is 0 Å². The van der Waals surface area contributed by atoms with Crippen LogP contribution >= 0.6 is 0 Å². The molecule has 0 saturated carbocycles. The predicted octanol–water partition coefficient (Wildman–Crippen LogP) is 16.2. The molecular weight excluding hydrogens is 1230 g/mol. The van der Waals surface area contributed by atoms with Crippen molar-refractivity contribution >= 4 is 57.8 Å². The summed E-state index contributed by atoms with van der Waals surface area (Å²) >= 11 is 0. The van der Waals surface area contributed by atoms with Gasteiger partial charge in [-0.25, -0.2) is 0 Å². The van der Waals surface area contributed by atoms with Crippen LogP contribution < -0.4 is 30.6 Å². The number of hydrogen-bond donors (Lipinski definition) is 0. The smallest absolute Gasteiger partial charge is 0.876 e. The summed E-state index contributed by atoms with van der Waals surface area (Å²) in [6.07, 6.45) is 7.34. The molecule has 0 spiro atoms. The van der Waals surface area contributed by atoms with E-state index in [9.17, 15) is 20.4 Å². The van der Waals surface area contributed by atoms with E-state index in [0.29, 0.717) is 59.5 Å². The second kappa shape index (κ2) is 57.9. The molecule has 0 fully saturated rings. The first-order valence-electron chi connectivity index (χ1n) is 31.0. The third-order valence-electron chi connectivity index (χ3n) is 12.2. The zero-order valence-electron chi connectivity index (χ0n) is 61.2. The zero-order chi connectivity index (χ0) is 71.8. The summed E-state index contributed by atoms with van der Waals surface area (Å²) in [5.41, 5.74) is 17.1. The molecule has 0 radical (unpaired) electrons. The van der Waals surface area contributed by atoms with Crippen LogP contribution in [0.3, 0.4) is 0 Å². The Morgan fingerprint density at radius 3 is 0.548 bits per heavy atom. The van der Waals surface area contributed by atoms with E-state index in [2.05, 4.69) is 204 Å². The van der Waals surface area contributed by atoms with Crippen molar-refractivity contribution in [1.29, 1.82) is 5.26 Å². The monoisotopic (exact) mass is 1340 g/mol. The van der Waals surface area contributed by atoms with Crippen molar-refractivity contribution in [2.75, 3.05) is 13.2 Å². The Hall–Kier alpha value is -6.68. The van der Waals surface area contributed by atoms with Gasteiger partial charge >= 0.3 is 43.4 Å². The molecule has 0 saturated heterocycles. The van der Waals surface area contributed by atoms with Gasteiger partial charge in [-0.2, -0.15) is 5.26 Å². The van der Waals surface area contributed by atoms with Crippen molar-refractivity contribution < 1.29 is 83.7 Å². The minimum absolute atomic E-state index is 0. The predicted molar refractivity (Wildman–Crippen MR) is 375 cm³/mol. The summed E-state index contributed by atoms with van der Waals surface area (Å²) in [6, 6.07) is 27.1. The van der Waals surface area contributed by atoms with Crippen LogP contribution in [0.4, 0.5) is 22.7 Å². The molecule has 504 valence electrons. The zero-order valence-corrected chi connectivity index (χ0v) is 64.3. The molecule has 0 aliphatic carbocycles. The second-order valence-corrected chi connectivity index (χ2v) is 23.4. The van der Waals surface area contributed by atoms with Gasteiger partial charge in [0.15, 0.2) is 0 Å². The molecule has 0 heterocycles. The fraction of sp³-hybridized carbons (Fsp3) is 0.487. The van der Waals surface area contributed by atoms with Gasteiger partial charge in [-0.3, -0.25) is 29.6 Å². The number of nitriles is 1. The third-order valence-corrected chi connectivity index (χ3v) is 12.2. The topological polar surface area (TPSA) is 290 Å². The Balaban J connectivity index is -0.000000196. The van der Waals surface area contributed by atoms with Gasteiger partial charge in [-0.1, -0.05) is 249 Å². The number of benzene rings is 4. The molecule has 4 aromatic rings. The fourth-order valence-corrected chi connectivity index (χ4v) is 8.57. The average Bonchev–Trinajstić information content (AvgIpc) is 3.12. The van der Waals surface area contributed by atoms with Crippen molar-refractivity contribution in [3.05, 3.63) is 175 Å². The molecule has 0 amide bonds. The van der Waals surface area contributed by atoms with Gasteiger partial charge in [0.1, 0.15) is 0 Å². The molecule has 0 unspecified atom stereocenters. The minimum Gasteiger partial charge on any atom is -0.876 e. The fourth-order valence-electron chi connectivity index (χ4n) is 8.57. The van der Waals surface area contributed by atoms with Crippen LogP contribution in [0.5, 0.6) is 0 Å². The van der Waals surface area contributed by atoms with E-state index in [4.69, 9.17) is 35.9 Å². The number of rotatable bonds is 16. The standard InChI is InChI=1S/4C17H25NO.C2H3N.2C2H5O.2CNO.2Ti/c4*1-11(2)15-8-7-9-16(12(3)4)17(15)18-13(5)10-14(6)19;3*1-2-3;2*2-1-3;;/h4*7-12,19H,1-6H3;1H3;2*2H2,1H3;;;;/q;;;;;4*-1;2*+4/p-4/b4*14-10-,18-13?;;;;;;;. The first-order chi connectivity index (χ1) is 42.4. The number of aliphatic imine (C=N–C) groups is 4. The Morgan fingerprint density at radius 1 is 0.376 bits per heavy atom. The first kappa shape index (κ1) is 99.9. The number of para-hydroxylation sites is 4. The van der Waals surface area contributed by atoms with Crippen molar-refractivity contribution in [2.24, 2.45) is 20.0 Å². The summed E-state index contributed by atoms with van der Waals surface area (Å²) in [5, 5.41) is 83.3. The van der Waals surface area contributed by atoms with Crippen LogP contribution in [0, 0.1) is 11.3 Å². The summed E-state index contributed by atoms with van der Waals surface area (Å²) < 4.78 is 0. The maximum atomic E-state index is 11.1. The summed E-state index contributed by atoms with van der Waals surface area (Å²) in [6.45, 7) is 53.0. The quantitative estimate of drug-likeness (QED) is 0.0445. The van der Waals surface area contributed by atoms with Gasteiger partial charge in [-0.05, 0) is 132 Å². The minimum atomic E-state index is 0. The molecule has 93 heavy (non-hydrogen) atoms. The van der Waals surface area contributed by atoms with Gasteiger partial charge in [0.2, 0.25) is 0 Å². The largest absolute Gasteiger partial charge is 4.00 e. The van der Waals surface area contributed by atoms with E-state index in [1.54, 1.807) is 71.9 Å². The Bertz CT molecular complexity index is 2600. The maximum Gasteiger partial charge on any atom is 4.00 e. The van der Waals surface area contributed by atoms with E-state index in [1.165, 1.54) is 51.4 Å². The number of carbonyl (C=O) groups excluding carboxylic acids is 2. The van der Waals surface area contributed by atoms with Gasteiger partial charge in [-0.15, -0.1) is 36.3 Å². The first-order valence-corrected chi connectivity index (χ1v) is 31.0. The van der Waals surface area contributed by atoms with Crippen LogP contribution in [-0.4, -0.2) is 48.2 Å². The molecule has 0 aromatic heterocycles. The summed E-state index contributed by atoms with van der Waals surface area (Å²) in [5.74, 6) is 3.50. The van der Waals surface area contributed by atoms with Crippen LogP contribution in [-0.2, 0) is 53.0 Å². The third kappa shape index (κ3) is 46.1. The van der Waals surface area contributed by atoms with E-state index in [0.717, 1.165) is 45.6 Å². The number of isocyanates is 2. The van der Waals surface area contributed by atoms with Crippen molar-refractivity contribution in [2.45, 2.75) is 234 Å². The van der Waals surface area contributed by atoms with Crippen LogP contribution in [0.25, 0.3) is 10.8 Å². The molecule has 0 bridgehead atoms. The molecule has 0 aliphatic heterocycles. The van der Waals surface area contributed by atoms with Gasteiger partial charge in [0, 0.05) is 29.8 Å². The van der Waals surface area contributed by atoms with Crippen molar-refractivity contribution in [3.8, 4) is 6.07 Å². The van der Waals surface area contributed by atoms with Crippen LogP contribution in [0.15, 0.2) is 140 Å².